The number of nitrogens with one attached hydrogen (secondary N) is 2. The van der Waals surface area contributed by atoms with E-state index in [1.54, 1.807) is 42.5 Å². The molecule has 0 radical (unpaired) electrons. The quantitative estimate of drug-likeness (QED) is 0.387. The molecule has 0 bridgehead atoms. The molecule has 24 heavy (non-hydrogen) atoms. The minimum Gasteiger partial charge on any atom is -0.399 e. The van der Waals surface area contributed by atoms with Gasteiger partial charge in [0, 0.05) is 16.8 Å². The smallest absolute Gasteiger partial charge is 0.292 e. The summed E-state index contributed by atoms with van der Waals surface area (Å²) in [6.07, 6.45) is 0. The van der Waals surface area contributed by atoms with Crippen molar-refractivity contribution >= 4 is 22.8 Å². The molecule has 4 N–H and O–H groups in total. The summed E-state index contributed by atoms with van der Waals surface area (Å²) < 4.78 is 0. The molecule has 1 aromatic heterocycles. The molecule has 0 saturated heterocycles. The summed E-state index contributed by atoms with van der Waals surface area (Å²) in [5.74, 6) is -0.0630. The molecule has 2 aromatic carbocycles. The van der Waals surface area contributed by atoms with Gasteiger partial charge in [-0.15, -0.1) is 5.11 Å². The Morgan fingerprint density at radius 3 is 2.58 bits per heavy atom. The number of benzene rings is 2. The Morgan fingerprint density at radius 2 is 1.83 bits per heavy atom. The molecule has 7 heteroatoms. The zero-order valence-electron chi connectivity index (χ0n) is 12.9. The van der Waals surface area contributed by atoms with Crippen molar-refractivity contribution in [3.05, 3.63) is 64.4 Å². The van der Waals surface area contributed by atoms with Crippen molar-refractivity contribution in [3.63, 3.8) is 0 Å². The number of carbonyl (C=O) groups excluding carboxylic acids is 1. The summed E-state index contributed by atoms with van der Waals surface area (Å²) in [6, 6.07) is 13.8. The lowest BCUT2D eigenvalue weighted by Gasteiger charge is -2.00. The minimum atomic E-state index is -0.390. The van der Waals surface area contributed by atoms with Gasteiger partial charge in [-0.3, -0.25) is 19.8 Å². The van der Waals surface area contributed by atoms with Gasteiger partial charge in [-0.25, -0.2) is 0 Å². The van der Waals surface area contributed by atoms with Crippen LogP contribution >= 0.6 is 0 Å². The zero-order chi connectivity index (χ0) is 17.1. The standard InChI is InChI=1S/C17H15N5O2/c1-10(23)11-4-3-7-14(9-11)19-21-16-15(20-22-17(16)24)12-5-2-6-13(18)8-12/h2-9H,18H2,1H3,(H2,20,22,24). The van der Waals surface area contributed by atoms with Crippen LogP contribution in [0.2, 0.25) is 0 Å². The number of hydrogen-bond acceptors (Lipinski definition) is 5. The van der Waals surface area contributed by atoms with E-state index >= 15 is 0 Å². The van der Waals surface area contributed by atoms with Gasteiger partial charge in [0.25, 0.3) is 5.56 Å². The van der Waals surface area contributed by atoms with Gasteiger partial charge in [0.2, 0.25) is 0 Å². The van der Waals surface area contributed by atoms with E-state index < -0.39 is 0 Å². The van der Waals surface area contributed by atoms with Crippen LogP contribution in [0.4, 0.5) is 17.1 Å². The van der Waals surface area contributed by atoms with E-state index in [0.717, 1.165) is 5.56 Å². The number of azo groups is 1. The van der Waals surface area contributed by atoms with Crippen molar-refractivity contribution in [3.8, 4) is 11.3 Å². The molecule has 1 heterocycles. The number of nitrogens with zero attached hydrogens (tertiary/aromatic N) is 2. The fourth-order valence-corrected chi connectivity index (χ4v) is 2.24. The maximum absolute atomic E-state index is 12.0. The Kier molecular flexibility index (Phi) is 4.07. The lowest BCUT2D eigenvalue weighted by atomic mass is 10.1. The van der Waals surface area contributed by atoms with Crippen LogP contribution in [0.3, 0.4) is 0 Å². The number of ketones is 1. The number of rotatable bonds is 4. The Bertz CT molecular complexity index is 984. The molecule has 0 amide bonds. The first-order valence-corrected chi connectivity index (χ1v) is 7.24. The van der Waals surface area contributed by atoms with Gasteiger partial charge in [0.15, 0.2) is 11.5 Å². The zero-order valence-corrected chi connectivity index (χ0v) is 12.9. The molecular formula is C17H15N5O2. The van der Waals surface area contributed by atoms with E-state index in [4.69, 9.17) is 5.73 Å². The normalized spacial score (nSPS) is 11.0. The topological polar surface area (TPSA) is 116 Å². The first-order chi connectivity index (χ1) is 11.5. The number of aromatic nitrogens is 2. The maximum Gasteiger partial charge on any atom is 0.292 e. The molecule has 7 nitrogen and oxygen atoms in total. The van der Waals surface area contributed by atoms with Gasteiger partial charge in [0.1, 0.15) is 0 Å². The first-order valence-electron chi connectivity index (χ1n) is 7.24. The van der Waals surface area contributed by atoms with Crippen molar-refractivity contribution in [1.82, 2.24) is 10.2 Å². The Hall–Kier alpha value is -3.48. The molecule has 0 atom stereocenters. The third-order valence-electron chi connectivity index (χ3n) is 3.45. The minimum absolute atomic E-state index is 0.0630. The molecule has 0 aliphatic carbocycles. The highest BCUT2D eigenvalue weighted by molar-refractivity contribution is 5.94. The van der Waals surface area contributed by atoms with Crippen LogP contribution in [-0.4, -0.2) is 16.0 Å². The highest BCUT2D eigenvalue weighted by atomic mass is 16.1. The summed E-state index contributed by atoms with van der Waals surface area (Å²) in [7, 11) is 0. The van der Waals surface area contributed by atoms with E-state index in [0.29, 0.717) is 22.6 Å². The van der Waals surface area contributed by atoms with E-state index in [1.165, 1.54) is 6.92 Å². The van der Waals surface area contributed by atoms with Crippen LogP contribution in [0.25, 0.3) is 11.3 Å². The van der Waals surface area contributed by atoms with Crippen LogP contribution in [0.5, 0.6) is 0 Å². The first kappa shape index (κ1) is 15.4. The molecule has 0 saturated carbocycles. The predicted molar refractivity (Wildman–Crippen MR) is 91.9 cm³/mol. The van der Waals surface area contributed by atoms with Gasteiger partial charge in [-0.05, 0) is 31.2 Å². The monoisotopic (exact) mass is 321 g/mol. The van der Waals surface area contributed by atoms with Gasteiger partial charge in [0.05, 0.1) is 11.4 Å². The van der Waals surface area contributed by atoms with Crippen molar-refractivity contribution in [2.24, 2.45) is 10.2 Å². The molecule has 0 spiro atoms. The third kappa shape index (κ3) is 3.14. The van der Waals surface area contributed by atoms with E-state index in [2.05, 4.69) is 20.4 Å². The number of nitrogen functional groups attached to an aromatic ring is 1. The Balaban J connectivity index is 1.99. The number of nitrogens with two attached hydrogens (primary N) is 1. The van der Waals surface area contributed by atoms with Gasteiger partial charge in [-0.2, -0.15) is 5.11 Å². The second-order valence-corrected chi connectivity index (χ2v) is 5.23. The molecule has 3 aromatic rings. The fourth-order valence-electron chi connectivity index (χ4n) is 2.24. The van der Waals surface area contributed by atoms with Crippen LogP contribution in [0.1, 0.15) is 17.3 Å². The van der Waals surface area contributed by atoms with Crippen LogP contribution < -0.4 is 11.3 Å². The lowest BCUT2D eigenvalue weighted by molar-refractivity contribution is 0.101. The molecule has 3 rings (SSSR count). The van der Waals surface area contributed by atoms with Gasteiger partial charge < -0.3 is 5.73 Å². The van der Waals surface area contributed by atoms with Crippen LogP contribution in [0, 0.1) is 0 Å². The van der Waals surface area contributed by atoms with E-state index in [-0.39, 0.29) is 17.0 Å². The van der Waals surface area contributed by atoms with Crippen LogP contribution in [0.15, 0.2) is 63.6 Å². The number of anilines is 1. The SMILES string of the molecule is CC(=O)c1cccc(N=Nc2c(-c3cccc(N)c3)[nH][nH]c2=O)c1. The predicted octanol–water partition coefficient (Wildman–Crippen LogP) is 3.57. The maximum atomic E-state index is 12.0. The highest BCUT2D eigenvalue weighted by Crippen LogP contribution is 2.27. The van der Waals surface area contributed by atoms with Crippen molar-refractivity contribution < 1.29 is 4.79 Å². The van der Waals surface area contributed by atoms with Gasteiger partial charge in [-0.1, -0.05) is 24.3 Å². The summed E-state index contributed by atoms with van der Waals surface area (Å²) in [4.78, 5) is 23.4. The summed E-state index contributed by atoms with van der Waals surface area (Å²) in [5, 5.41) is 13.4. The molecule has 0 unspecified atom stereocenters. The van der Waals surface area contributed by atoms with E-state index in [1.807, 2.05) is 6.07 Å². The molecular weight excluding hydrogens is 306 g/mol. The van der Waals surface area contributed by atoms with Crippen LogP contribution in [-0.2, 0) is 0 Å². The number of H-pyrrole nitrogens is 2. The lowest BCUT2D eigenvalue weighted by Crippen LogP contribution is -1.96. The summed E-state index contributed by atoms with van der Waals surface area (Å²) >= 11 is 0. The number of carbonyl (C=O) groups is 1. The average Bonchev–Trinajstić information content (AvgIpc) is 2.94. The highest BCUT2D eigenvalue weighted by Gasteiger charge is 2.12. The molecule has 0 aliphatic heterocycles. The third-order valence-corrected chi connectivity index (χ3v) is 3.45. The summed E-state index contributed by atoms with van der Waals surface area (Å²) in [5.41, 5.74) is 8.35. The second-order valence-electron chi connectivity index (χ2n) is 5.23. The molecule has 0 aliphatic rings. The number of Topliss-reactive ketones (excluding diaryl/α,β-unsaturated/α-hetero) is 1. The van der Waals surface area contributed by atoms with Gasteiger partial charge >= 0.3 is 0 Å². The van der Waals surface area contributed by atoms with Crippen molar-refractivity contribution in [2.75, 3.05) is 5.73 Å². The fraction of sp³-hybridized carbons (Fsp3) is 0.0588. The summed E-state index contributed by atoms with van der Waals surface area (Å²) in [6.45, 7) is 1.48. The molecule has 120 valence electrons. The Morgan fingerprint density at radius 1 is 1.04 bits per heavy atom. The Labute approximate surface area is 137 Å². The second kappa shape index (κ2) is 6.33. The number of aromatic amines is 2. The van der Waals surface area contributed by atoms with Crippen molar-refractivity contribution in [1.29, 1.82) is 0 Å². The molecule has 0 fully saturated rings. The largest absolute Gasteiger partial charge is 0.399 e. The van der Waals surface area contributed by atoms with Crippen molar-refractivity contribution in [2.45, 2.75) is 6.92 Å². The van der Waals surface area contributed by atoms with E-state index in [9.17, 15) is 9.59 Å². The number of hydrogen-bond donors (Lipinski definition) is 3. The average molecular weight is 321 g/mol.